The highest BCUT2D eigenvalue weighted by Gasteiger charge is 2.28. The summed E-state index contributed by atoms with van der Waals surface area (Å²) in [5, 5.41) is 2.79. The van der Waals surface area contributed by atoms with Crippen LogP contribution in [0.1, 0.15) is 16.7 Å². The molecule has 0 fully saturated rings. The molecule has 0 aliphatic rings. The maximum absolute atomic E-state index is 13.4. The molecule has 162 valence electrons. The third-order valence-electron chi connectivity index (χ3n) is 4.76. The Balaban J connectivity index is 1.93. The first-order valence-corrected chi connectivity index (χ1v) is 11.3. The van der Waals surface area contributed by atoms with E-state index in [1.807, 2.05) is 38.1 Å². The van der Waals surface area contributed by atoms with Gasteiger partial charge < -0.3 is 10.1 Å². The number of benzene rings is 3. The summed E-state index contributed by atoms with van der Waals surface area (Å²) >= 11 is 0. The fourth-order valence-corrected chi connectivity index (χ4v) is 4.85. The van der Waals surface area contributed by atoms with Crippen molar-refractivity contribution < 1.29 is 17.9 Å². The molecule has 31 heavy (non-hydrogen) atoms. The summed E-state index contributed by atoms with van der Waals surface area (Å²) in [5.74, 6) is -0.436. The Morgan fingerprint density at radius 2 is 1.71 bits per heavy atom. The smallest absolute Gasteiger partial charge is 0.264 e. The maximum Gasteiger partial charge on any atom is 0.264 e. The molecule has 0 saturated heterocycles. The van der Waals surface area contributed by atoms with Gasteiger partial charge in [0.1, 0.15) is 6.54 Å². The molecule has 0 heterocycles. The standard InChI is InChI=1S/C24H26N2O4S/c1-18-12-13-23(19(2)14-18)26(31(28,29)22-10-5-4-6-11-22)16-24(27)25-21-9-7-8-20(15-21)17-30-3/h4-15H,16-17H2,1-3H3,(H,25,27). The Hall–Kier alpha value is -3.16. The van der Waals surface area contributed by atoms with Gasteiger partial charge in [-0.1, -0.05) is 48.0 Å². The van der Waals surface area contributed by atoms with Crippen LogP contribution in [0.25, 0.3) is 0 Å². The molecule has 3 aromatic carbocycles. The molecule has 0 aromatic heterocycles. The van der Waals surface area contributed by atoms with Crippen LogP contribution in [-0.2, 0) is 26.2 Å². The lowest BCUT2D eigenvalue weighted by molar-refractivity contribution is -0.114. The molecule has 6 nitrogen and oxygen atoms in total. The molecule has 1 N–H and O–H groups in total. The fraction of sp³-hybridized carbons (Fsp3) is 0.208. The zero-order valence-electron chi connectivity index (χ0n) is 17.8. The molecular weight excluding hydrogens is 412 g/mol. The first-order chi connectivity index (χ1) is 14.8. The van der Waals surface area contributed by atoms with E-state index < -0.39 is 15.9 Å². The summed E-state index contributed by atoms with van der Waals surface area (Å²) in [7, 11) is -2.34. The number of carbonyl (C=O) groups excluding carboxylic acids is 1. The van der Waals surface area contributed by atoms with Gasteiger partial charge in [-0.3, -0.25) is 9.10 Å². The number of nitrogens with zero attached hydrogens (tertiary/aromatic N) is 1. The van der Waals surface area contributed by atoms with Crippen LogP contribution in [0.2, 0.25) is 0 Å². The van der Waals surface area contributed by atoms with Gasteiger partial charge in [0.15, 0.2) is 0 Å². The molecule has 0 atom stereocenters. The number of methoxy groups -OCH3 is 1. The number of rotatable bonds is 8. The zero-order chi connectivity index (χ0) is 22.4. The Kier molecular flexibility index (Phi) is 7.09. The Labute approximate surface area is 183 Å². The average molecular weight is 439 g/mol. The number of carbonyl (C=O) groups is 1. The third kappa shape index (κ3) is 5.51. The molecule has 0 aliphatic heterocycles. The minimum atomic E-state index is -3.94. The van der Waals surface area contributed by atoms with Crippen LogP contribution < -0.4 is 9.62 Å². The summed E-state index contributed by atoms with van der Waals surface area (Å²) in [6.45, 7) is 3.84. The second kappa shape index (κ2) is 9.76. The van der Waals surface area contributed by atoms with Gasteiger partial charge in [0.05, 0.1) is 17.2 Å². The van der Waals surface area contributed by atoms with Crippen molar-refractivity contribution in [3.05, 3.63) is 89.5 Å². The highest BCUT2D eigenvalue weighted by Crippen LogP contribution is 2.27. The van der Waals surface area contributed by atoms with Crippen LogP contribution in [0, 0.1) is 13.8 Å². The molecule has 0 bridgehead atoms. The van der Waals surface area contributed by atoms with Crippen molar-refractivity contribution in [3.63, 3.8) is 0 Å². The van der Waals surface area contributed by atoms with E-state index in [4.69, 9.17) is 4.74 Å². The van der Waals surface area contributed by atoms with Crippen molar-refractivity contribution in [1.29, 1.82) is 0 Å². The van der Waals surface area contributed by atoms with Crippen LogP contribution in [0.4, 0.5) is 11.4 Å². The lowest BCUT2D eigenvalue weighted by Crippen LogP contribution is -2.38. The molecule has 7 heteroatoms. The van der Waals surface area contributed by atoms with Gasteiger partial charge in [-0.25, -0.2) is 8.42 Å². The normalized spacial score (nSPS) is 11.2. The Morgan fingerprint density at radius 3 is 2.39 bits per heavy atom. The lowest BCUT2D eigenvalue weighted by atomic mass is 10.1. The van der Waals surface area contributed by atoms with Gasteiger partial charge in [0.25, 0.3) is 10.0 Å². The number of nitrogens with one attached hydrogen (secondary N) is 1. The van der Waals surface area contributed by atoms with E-state index in [1.165, 1.54) is 12.1 Å². The van der Waals surface area contributed by atoms with Crippen LogP contribution >= 0.6 is 0 Å². The van der Waals surface area contributed by atoms with Gasteiger partial charge in [-0.15, -0.1) is 0 Å². The van der Waals surface area contributed by atoms with Crippen LogP contribution in [0.15, 0.2) is 77.7 Å². The minimum absolute atomic E-state index is 0.130. The van der Waals surface area contributed by atoms with E-state index in [0.717, 1.165) is 21.0 Å². The van der Waals surface area contributed by atoms with Gasteiger partial charge in [0, 0.05) is 12.8 Å². The average Bonchev–Trinajstić information content (AvgIpc) is 2.73. The predicted octanol–water partition coefficient (Wildman–Crippen LogP) is 4.28. The second-order valence-electron chi connectivity index (χ2n) is 7.30. The summed E-state index contributed by atoms with van der Waals surface area (Å²) in [4.78, 5) is 13.0. The van der Waals surface area contributed by atoms with Crippen molar-refractivity contribution in [2.45, 2.75) is 25.3 Å². The SMILES string of the molecule is COCc1cccc(NC(=O)CN(c2ccc(C)cc2C)S(=O)(=O)c2ccccc2)c1. The first kappa shape index (κ1) is 22.5. The molecule has 1 amide bonds. The van der Waals surface area contributed by atoms with E-state index in [-0.39, 0.29) is 11.4 Å². The summed E-state index contributed by atoms with van der Waals surface area (Å²) < 4.78 is 33.1. The quantitative estimate of drug-likeness (QED) is 0.569. The summed E-state index contributed by atoms with van der Waals surface area (Å²) in [5.41, 5.74) is 3.74. The maximum atomic E-state index is 13.4. The predicted molar refractivity (Wildman–Crippen MR) is 123 cm³/mol. The summed E-state index contributed by atoms with van der Waals surface area (Å²) in [6, 6.07) is 20.8. The number of hydrogen-bond donors (Lipinski definition) is 1. The van der Waals surface area contributed by atoms with E-state index >= 15 is 0 Å². The van der Waals surface area contributed by atoms with Crippen LogP contribution in [0.5, 0.6) is 0 Å². The largest absolute Gasteiger partial charge is 0.380 e. The Bertz CT molecular complexity index is 1160. The second-order valence-corrected chi connectivity index (χ2v) is 9.16. The lowest BCUT2D eigenvalue weighted by Gasteiger charge is -2.26. The zero-order valence-corrected chi connectivity index (χ0v) is 18.6. The topological polar surface area (TPSA) is 75.7 Å². The number of aryl methyl sites for hydroxylation is 2. The van der Waals surface area contributed by atoms with Gasteiger partial charge in [-0.05, 0) is 55.3 Å². The van der Waals surface area contributed by atoms with Gasteiger partial charge in [-0.2, -0.15) is 0 Å². The van der Waals surface area contributed by atoms with Crippen LogP contribution in [-0.4, -0.2) is 28.0 Å². The van der Waals surface area contributed by atoms with Crippen molar-refractivity contribution in [2.24, 2.45) is 0 Å². The highest BCUT2D eigenvalue weighted by atomic mass is 32.2. The minimum Gasteiger partial charge on any atom is -0.380 e. The molecule has 0 spiro atoms. The van der Waals surface area contributed by atoms with Crippen molar-refractivity contribution in [1.82, 2.24) is 0 Å². The molecular formula is C24H26N2O4S. The fourth-order valence-electron chi connectivity index (χ4n) is 3.34. The molecule has 0 radical (unpaired) electrons. The number of sulfonamides is 1. The number of hydrogen-bond acceptors (Lipinski definition) is 4. The number of anilines is 2. The van der Waals surface area contributed by atoms with Gasteiger partial charge in [0.2, 0.25) is 5.91 Å². The third-order valence-corrected chi connectivity index (χ3v) is 6.54. The first-order valence-electron chi connectivity index (χ1n) is 9.84. The molecule has 0 aliphatic carbocycles. The monoisotopic (exact) mass is 438 g/mol. The van der Waals surface area contributed by atoms with Crippen LogP contribution in [0.3, 0.4) is 0 Å². The number of amides is 1. The number of ether oxygens (including phenoxy) is 1. The van der Waals surface area contributed by atoms with E-state index in [0.29, 0.717) is 18.0 Å². The van der Waals surface area contributed by atoms with E-state index in [2.05, 4.69) is 5.32 Å². The van der Waals surface area contributed by atoms with E-state index in [1.54, 1.807) is 43.5 Å². The summed E-state index contributed by atoms with van der Waals surface area (Å²) in [6.07, 6.45) is 0. The molecule has 3 rings (SSSR count). The van der Waals surface area contributed by atoms with Crippen molar-refractivity contribution in [3.8, 4) is 0 Å². The molecule has 3 aromatic rings. The van der Waals surface area contributed by atoms with Crippen molar-refractivity contribution >= 4 is 27.3 Å². The van der Waals surface area contributed by atoms with Gasteiger partial charge >= 0.3 is 0 Å². The van der Waals surface area contributed by atoms with Crippen molar-refractivity contribution in [2.75, 3.05) is 23.3 Å². The molecule has 0 unspecified atom stereocenters. The molecule has 0 saturated carbocycles. The van der Waals surface area contributed by atoms with E-state index in [9.17, 15) is 13.2 Å². The Morgan fingerprint density at radius 1 is 0.968 bits per heavy atom. The highest BCUT2D eigenvalue weighted by molar-refractivity contribution is 7.92.